The van der Waals surface area contributed by atoms with Gasteiger partial charge in [-0.25, -0.2) is 4.98 Å². The minimum absolute atomic E-state index is 0.110. The van der Waals surface area contributed by atoms with Crippen molar-refractivity contribution in [1.29, 1.82) is 0 Å². The van der Waals surface area contributed by atoms with Gasteiger partial charge in [0.05, 0.1) is 60.5 Å². The topological polar surface area (TPSA) is 130 Å². The Balaban J connectivity index is 1.12. The van der Waals surface area contributed by atoms with E-state index in [0.29, 0.717) is 41.4 Å². The van der Waals surface area contributed by atoms with Gasteiger partial charge >= 0.3 is 0 Å². The Labute approximate surface area is 226 Å². The molecule has 6 rings (SSSR count). The van der Waals surface area contributed by atoms with Gasteiger partial charge in [-0.05, 0) is 38.0 Å². The predicted octanol–water partition coefficient (Wildman–Crippen LogP) is 3.36. The van der Waals surface area contributed by atoms with Gasteiger partial charge in [-0.1, -0.05) is 6.42 Å². The molecule has 202 valence electrons. The molecule has 2 fully saturated rings. The van der Waals surface area contributed by atoms with E-state index in [-0.39, 0.29) is 17.2 Å². The lowest BCUT2D eigenvalue weighted by atomic mass is 9.69. The zero-order valence-electron chi connectivity index (χ0n) is 22.2. The molecule has 1 aliphatic heterocycles. The Kier molecular flexibility index (Phi) is 6.61. The van der Waals surface area contributed by atoms with Crippen molar-refractivity contribution in [3.63, 3.8) is 0 Å². The van der Waals surface area contributed by atoms with Gasteiger partial charge in [-0.3, -0.25) is 24.2 Å². The van der Waals surface area contributed by atoms with Crippen molar-refractivity contribution in [3.8, 4) is 11.3 Å². The summed E-state index contributed by atoms with van der Waals surface area (Å²) in [6.07, 6.45) is 10.4. The van der Waals surface area contributed by atoms with Crippen molar-refractivity contribution in [3.05, 3.63) is 54.2 Å². The van der Waals surface area contributed by atoms with Crippen LogP contribution in [-0.2, 0) is 16.6 Å². The molecule has 11 heteroatoms. The Morgan fingerprint density at radius 1 is 1.13 bits per heavy atom. The van der Waals surface area contributed by atoms with Crippen LogP contribution < -0.4 is 10.6 Å². The lowest BCUT2D eigenvalue weighted by Gasteiger charge is -2.42. The first kappa shape index (κ1) is 25.2. The van der Waals surface area contributed by atoms with E-state index < -0.39 is 0 Å². The third kappa shape index (κ3) is 5.41. The molecule has 5 heterocycles. The van der Waals surface area contributed by atoms with Gasteiger partial charge in [0.25, 0.3) is 5.91 Å². The van der Waals surface area contributed by atoms with Crippen LogP contribution in [0.3, 0.4) is 0 Å². The smallest absolute Gasteiger partial charge is 0.257 e. The minimum atomic E-state index is -0.308. The number of anilines is 2. The third-order valence-electron chi connectivity index (χ3n) is 7.67. The third-order valence-corrected chi connectivity index (χ3v) is 7.67. The molecule has 4 aromatic heterocycles. The zero-order chi connectivity index (χ0) is 27.0. The first-order valence-corrected chi connectivity index (χ1v) is 13.2. The molecule has 2 amide bonds. The predicted molar refractivity (Wildman–Crippen MR) is 147 cm³/mol. The standard InChI is InChI=1S/C28H32N8O3/c1-18-23(10-22(13-29-18)32-25(37)15-36-6-7-39-17-28(16-36)4-3-5-28)34-27(38)20-8-19-9-24(33-26(19)30-11-20)21-12-31-35(2)14-21/h8-14H,3-7,15-17H2,1-2H3,(H,30,33)(H,32,37)(H,34,38). The molecule has 1 spiro atoms. The molecule has 1 saturated heterocycles. The number of nitrogens with one attached hydrogen (secondary N) is 3. The Bertz CT molecular complexity index is 1540. The lowest BCUT2D eigenvalue weighted by Crippen LogP contribution is -2.45. The highest BCUT2D eigenvalue weighted by Crippen LogP contribution is 2.42. The Hall–Kier alpha value is -4.09. The fraction of sp³-hybridized carbons (Fsp3) is 0.393. The van der Waals surface area contributed by atoms with E-state index in [2.05, 4.69) is 35.6 Å². The fourth-order valence-electron chi connectivity index (χ4n) is 5.38. The summed E-state index contributed by atoms with van der Waals surface area (Å²) in [6.45, 7) is 5.16. The van der Waals surface area contributed by atoms with Gasteiger partial charge in [0.15, 0.2) is 0 Å². The van der Waals surface area contributed by atoms with Gasteiger partial charge in [-0.15, -0.1) is 0 Å². The molecule has 0 bridgehead atoms. The molecular formula is C28H32N8O3. The van der Waals surface area contributed by atoms with Crippen LogP contribution in [0.5, 0.6) is 0 Å². The van der Waals surface area contributed by atoms with E-state index in [1.807, 2.05) is 26.2 Å². The second-order valence-electron chi connectivity index (χ2n) is 10.7. The number of fused-ring (bicyclic) bond motifs is 1. The Morgan fingerprint density at radius 2 is 2.00 bits per heavy atom. The molecular weight excluding hydrogens is 496 g/mol. The number of hydrogen-bond donors (Lipinski definition) is 3. The van der Waals surface area contributed by atoms with E-state index in [0.717, 1.165) is 49.2 Å². The van der Waals surface area contributed by atoms with E-state index in [9.17, 15) is 9.59 Å². The summed E-state index contributed by atoms with van der Waals surface area (Å²) in [6, 6.07) is 5.48. The van der Waals surface area contributed by atoms with Gasteiger partial charge in [-0.2, -0.15) is 5.10 Å². The second-order valence-corrected chi connectivity index (χ2v) is 10.7. The van der Waals surface area contributed by atoms with Crippen LogP contribution >= 0.6 is 0 Å². The number of ether oxygens (including phenoxy) is 1. The summed E-state index contributed by atoms with van der Waals surface area (Å²) < 4.78 is 7.53. The number of carbonyl (C=O) groups is 2. The molecule has 3 N–H and O–H groups in total. The first-order chi connectivity index (χ1) is 18.9. The highest BCUT2D eigenvalue weighted by Gasteiger charge is 2.40. The monoisotopic (exact) mass is 528 g/mol. The molecule has 4 aromatic rings. The van der Waals surface area contributed by atoms with E-state index >= 15 is 0 Å². The number of aromatic amines is 1. The molecule has 0 radical (unpaired) electrons. The second kappa shape index (κ2) is 10.2. The maximum Gasteiger partial charge on any atom is 0.257 e. The maximum atomic E-state index is 13.1. The summed E-state index contributed by atoms with van der Waals surface area (Å²) in [5.74, 6) is -0.418. The van der Waals surface area contributed by atoms with Crippen LogP contribution in [0.2, 0.25) is 0 Å². The SMILES string of the molecule is Cc1ncc(NC(=O)CN2CCOCC3(CCC3)C2)cc1NC(=O)c1cnc2[nH]c(-c3cnn(C)c3)cc2c1. The lowest BCUT2D eigenvalue weighted by molar-refractivity contribution is -0.117. The summed E-state index contributed by atoms with van der Waals surface area (Å²) in [4.78, 5) is 40.2. The molecule has 0 unspecified atom stereocenters. The molecule has 1 aliphatic carbocycles. The summed E-state index contributed by atoms with van der Waals surface area (Å²) >= 11 is 0. The number of hydrogen-bond acceptors (Lipinski definition) is 7. The van der Waals surface area contributed by atoms with Crippen LogP contribution in [0.1, 0.15) is 35.3 Å². The van der Waals surface area contributed by atoms with Crippen LogP contribution in [0.4, 0.5) is 11.4 Å². The van der Waals surface area contributed by atoms with Crippen molar-refractivity contribution in [2.45, 2.75) is 26.2 Å². The van der Waals surface area contributed by atoms with Gasteiger partial charge in [0.2, 0.25) is 5.91 Å². The Morgan fingerprint density at radius 3 is 2.77 bits per heavy atom. The largest absolute Gasteiger partial charge is 0.379 e. The zero-order valence-corrected chi connectivity index (χ0v) is 22.2. The normalized spacial score (nSPS) is 17.1. The average Bonchev–Trinajstić information content (AvgIpc) is 3.45. The van der Waals surface area contributed by atoms with E-state index in [1.54, 1.807) is 29.2 Å². The van der Waals surface area contributed by atoms with Gasteiger partial charge in [0.1, 0.15) is 5.65 Å². The van der Waals surface area contributed by atoms with Crippen molar-refractivity contribution in [2.75, 3.05) is 43.5 Å². The van der Waals surface area contributed by atoms with E-state index in [4.69, 9.17) is 4.74 Å². The number of carbonyl (C=O) groups excluding carboxylic acids is 2. The highest BCUT2D eigenvalue weighted by molar-refractivity contribution is 6.06. The van der Waals surface area contributed by atoms with Crippen LogP contribution in [0, 0.1) is 12.3 Å². The number of amides is 2. The fourth-order valence-corrected chi connectivity index (χ4v) is 5.38. The van der Waals surface area contributed by atoms with Crippen LogP contribution in [-0.4, -0.2) is 74.3 Å². The van der Waals surface area contributed by atoms with Crippen LogP contribution in [0.15, 0.2) is 43.0 Å². The molecule has 39 heavy (non-hydrogen) atoms. The minimum Gasteiger partial charge on any atom is -0.379 e. The highest BCUT2D eigenvalue weighted by atomic mass is 16.5. The maximum absolute atomic E-state index is 13.1. The van der Waals surface area contributed by atoms with Crippen molar-refractivity contribution in [2.24, 2.45) is 12.5 Å². The van der Waals surface area contributed by atoms with Gasteiger partial charge < -0.3 is 20.4 Å². The van der Waals surface area contributed by atoms with Crippen molar-refractivity contribution < 1.29 is 14.3 Å². The van der Waals surface area contributed by atoms with Crippen molar-refractivity contribution >= 4 is 34.2 Å². The first-order valence-electron chi connectivity index (χ1n) is 13.2. The molecule has 0 atom stereocenters. The number of pyridine rings is 2. The molecule has 1 saturated carbocycles. The van der Waals surface area contributed by atoms with Crippen LogP contribution in [0.25, 0.3) is 22.3 Å². The number of aryl methyl sites for hydroxylation is 2. The summed E-state index contributed by atoms with van der Waals surface area (Å²) in [7, 11) is 1.86. The van der Waals surface area contributed by atoms with Crippen molar-refractivity contribution in [1.82, 2.24) is 29.6 Å². The molecule has 0 aromatic carbocycles. The number of H-pyrrole nitrogens is 1. The number of rotatable bonds is 6. The summed E-state index contributed by atoms with van der Waals surface area (Å²) in [5, 5.41) is 10.9. The number of nitrogens with zero attached hydrogens (tertiary/aromatic N) is 5. The number of aromatic nitrogens is 5. The van der Waals surface area contributed by atoms with Gasteiger partial charge in [0, 0.05) is 48.9 Å². The summed E-state index contributed by atoms with van der Waals surface area (Å²) in [5.41, 5.74) is 4.83. The quantitative estimate of drug-likeness (QED) is 0.350. The van der Waals surface area contributed by atoms with E-state index in [1.165, 1.54) is 12.6 Å². The molecule has 11 nitrogen and oxygen atoms in total. The molecule has 2 aliphatic rings. The average molecular weight is 529 g/mol.